The number of ether oxygens (including phenoxy) is 3. The van der Waals surface area contributed by atoms with E-state index in [1.54, 1.807) is 11.8 Å². The van der Waals surface area contributed by atoms with Gasteiger partial charge in [-0.2, -0.15) is 4.98 Å². The smallest absolute Gasteiger partial charge is 0.338 e. The minimum atomic E-state index is -0.616. The molecule has 1 unspecified atom stereocenters. The normalized spacial score (nSPS) is 14.6. The van der Waals surface area contributed by atoms with Crippen molar-refractivity contribution < 1.29 is 19.0 Å². The third kappa shape index (κ3) is 5.81. The summed E-state index contributed by atoms with van der Waals surface area (Å²) < 4.78 is 19.6. The van der Waals surface area contributed by atoms with Gasteiger partial charge in [0.25, 0.3) is 0 Å². The fourth-order valence-electron chi connectivity index (χ4n) is 3.91. The first kappa shape index (κ1) is 27.1. The Labute approximate surface area is 233 Å². The molecule has 0 aliphatic carbocycles. The van der Waals surface area contributed by atoms with Crippen molar-refractivity contribution in [2.24, 2.45) is 0 Å². The average Bonchev–Trinajstić information content (AvgIpc) is 3.28. The molecule has 194 valence electrons. The second kappa shape index (κ2) is 12.1. The first-order valence-electron chi connectivity index (χ1n) is 11.5. The highest BCUT2D eigenvalue weighted by Gasteiger charge is 2.36. The van der Waals surface area contributed by atoms with Crippen LogP contribution < -0.4 is 14.8 Å². The van der Waals surface area contributed by atoms with Gasteiger partial charge in [-0.05, 0) is 52.4 Å². The summed E-state index contributed by atoms with van der Waals surface area (Å²) in [4.78, 5) is 17.8. The molecule has 1 aromatic heterocycles. The van der Waals surface area contributed by atoms with E-state index >= 15 is 0 Å². The van der Waals surface area contributed by atoms with Crippen molar-refractivity contribution in [3.63, 3.8) is 0 Å². The molecule has 2 heterocycles. The van der Waals surface area contributed by atoms with E-state index in [0.717, 1.165) is 16.9 Å². The minimum absolute atomic E-state index is 0.0886. The molecule has 0 amide bonds. The van der Waals surface area contributed by atoms with E-state index in [1.807, 2.05) is 50.2 Å². The van der Waals surface area contributed by atoms with Crippen LogP contribution in [0.2, 0.25) is 5.02 Å². The summed E-state index contributed by atoms with van der Waals surface area (Å²) in [6.07, 6.45) is 1.53. The van der Waals surface area contributed by atoms with Crippen LogP contribution in [-0.2, 0) is 16.1 Å². The topological polar surface area (TPSA) is 87.5 Å². The van der Waals surface area contributed by atoms with Crippen molar-refractivity contribution in [1.82, 2.24) is 14.8 Å². The van der Waals surface area contributed by atoms with Crippen LogP contribution in [0, 0.1) is 0 Å². The Morgan fingerprint density at radius 2 is 2.14 bits per heavy atom. The summed E-state index contributed by atoms with van der Waals surface area (Å²) in [5.74, 6) is 1.86. The van der Waals surface area contributed by atoms with Crippen LogP contribution in [0.1, 0.15) is 31.0 Å². The maximum absolute atomic E-state index is 13.2. The maximum atomic E-state index is 13.2. The number of anilines is 1. The van der Waals surface area contributed by atoms with Crippen molar-refractivity contribution in [1.29, 1.82) is 0 Å². The maximum Gasteiger partial charge on any atom is 0.338 e. The van der Waals surface area contributed by atoms with Gasteiger partial charge < -0.3 is 19.5 Å². The van der Waals surface area contributed by atoms with Gasteiger partial charge in [0.1, 0.15) is 19.3 Å². The van der Waals surface area contributed by atoms with Gasteiger partial charge in [-0.3, -0.25) is 0 Å². The van der Waals surface area contributed by atoms with Gasteiger partial charge in [-0.15, -0.1) is 5.10 Å². The Kier molecular flexibility index (Phi) is 8.83. The number of carbonyl (C=O) groups excluding carboxylic acids is 1. The van der Waals surface area contributed by atoms with Crippen molar-refractivity contribution >= 4 is 51.2 Å². The van der Waals surface area contributed by atoms with Crippen LogP contribution in [0.25, 0.3) is 0 Å². The molecule has 1 atom stereocenters. The Morgan fingerprint density at radius 3 is 2.84 bits per heavy atom. The summed E-state index contributed by atoms with van der Waals surface area (Å²) >= 11 is 11.4. The standard InChI is InChI=1S/C26H26BrClN4O4S/c1-5-11-35-24(33)21-15(3)29-25-30-26(37-6-2)31-32(25)22(21)17-12-18(27)23(20(13-17)34-4)36-14-16-9-7-8-10-19(16)28/h5,7-10,12-13,22H,1,6,11,14H2,2-4H3,(H,29,30,31). The molecular formula is C26H26BrClN4O4S. The number of allylic oxidation sites excluding steroid dienone is 1. The summed E-state index contributed by atoms with van der Waals surface area (Å²) in [5.41, 5.74) is 2.62. The van der Waals surface area contributed by atoms with E-state index in [0.29, 0.717) is 43.4 Å². The van der Waals surface area contributed by atoms with Crippen molar-refractivity contribution in [2.45, 2.75) is 31.7 Å². The van der Waals surface area contributed by atoms with Gasteiger partial charge in [-0.25, -0.2) is 9.48 Å². The van der Waals surface area contributed by atoms with Crippen LogP contribution in [0.3, 0.4) is 0 Å². The number of esters is 1. The molecule has 2 aromatic carbocycles. The predicted molar refractivity (Wildman–Crippen MR) is 149 cm³/mol. The molecule has 0 saturated heterocycles. The predicted octanol–water partition coefficient (Wildman–Crippen LogP) is 6.41. The van der Waals surface area contributed by atoms with E-state index < -0.39 is 12.0 Å². The molecule has 0 saturated carbocycles. The second-order valence-electron chi connectivity index (χ2n) is 7.96. The fraction of sp³-hybridized carbons (Fsp3) is 0.269. The minimum Gasteiger partial charge on any atom is -0.493 e. The number of hydrogen-bond donors (Lipinski definition) is 1. The van der Waals surface area contributed by atoms with E-state index in [1.165, 1.54) is 17.8 Å². The van der Waals surface area contributed by atoms with Crippen LogP contribution in [-0.4, -0.2) is 40.2 Å². The number of halogens is 2. The van der Waals surface area contributed by atoms with E-state index in [9.17, 15) is 4.79 Å². The highest BCUT2D eigenvalue weighted by atomic mass is 79.9. The molecule has 3 aromatic rings. The first-order chi connectivity index (χ1) is 17.9. The Bertz CT molecular complexity index is 1360. The molecule has 0 bridgehead atoms. The molecule has 0 fully saturated rings. The number of benzene rings is 2. The average molecular weight is 606 g/mol. The number of aromatic nitrogens is 3. The number of nitrogens with one attached hydrogen (secondary N) is 1. The molecule has 11 heteroatoms. The molecule has 1 N–H and O–H groups in total. The number of carbonyl (C=O) groups is 1. The zero-order chi connectivity index (χ0) is 26.5. The van der Waals surface area contributed by atoms with Crippen LogP contribution in [0.15, 0.2) is 70.0 Å². The summed E-state index contributed by atoms with van der Waals surface area (Å²) in [6, 6.07) is 10.6. The number of fused-ring (bicyclic) bond motifs is 1. The number of thioether (sulfide) groups is 1. The number of nitrogens with zero attached hydrogens (tertiary/aromatic N) is 3. The monoisotopic (exact) mass is 604 g/mol. The highest BCUT2D eigenvalue weighted by Crippen LogP contribution is 2.43. The molecule has 1 aliphatic rings. The largest absolute Gasteiger partial charge is 0.493 e. The zero-order valence-electron chi connectivity index (χ0n) is 20.6. The lowest BCUT2D eigenvalue weighted by Crippen LogP contribution is -2.29. The van der Waals surface area contributed by atoms with Crippen LogP contribution in [0.4, 0.5) is 5.95 Å². The summed E-state index contributed by atoms with van der Waals surface area (Å²) in [7, 11) is 1.56. The molecular weight excluding hydrogens is 580 g/mol. The Morgan fingerprint density at radius 1 is 1.35 bits per heavy atom. The summed E-state index contributed by atoms with van der Waals surface area (Å²) in [5, 5.41) is 9.10. The zero-order valence-corrected chi connectivity index (χ0v) is 23.7. The number of rotatable bonds is 10. The third-order valence-electron chi connectivity index (χ3n) is 5.56. The lowest BCUT2D eigenvalue weighted by Gasteiger charge is -2.28. The van der Waals surface area contributed by atoms with E-state index in [4.69, 9.17) is 25.8 Å². The van der Waals surface area contributed by atoms with Gasteiger partial charge in [0.15, 0.2) is 11.5 Å². The highest BCUT2D eigenvalue weighted by molar-refractivity contribution is 9.10. The molecule has 0 radical (unpaired) electrons. The van der Waals surface area contributed by atoms with E-state index in [2.05, 4.69) is 37.9 Å². The molecule has 1 aliphatic heterocycles. The van der Waals surface area contributed by atoms with E-state index in [-0.39, 0.29) is 13.2 Å². The summed E-state index contributed by atoms with van der Waals surface area (Å²) in [6.45, 7) is 7.82. The third-order valence-corrected chi connectivity index (χ3v) is 7.23. The number of methoxy groups -OCH3 is 1. The Hall–Kier alpha value is -2.95. The molecule has 8 nitrogen and oxygen atoms in total. The van der Waals surface area contributed by atoms with Crippen molar-refractivity contribution in [3.8, 4) is 11.5 Å². The molecule has 0 spiro atoms. The second-order valence-corrected chi connectivity index (χ2v) is 10.5. The van der Waals surface area contributed by atoms with Crippen molar-refractivity contribution in [2.75, 3.05) is 24.8 Å². The van der Waals surface area contributed by atoms with Crippen LogP contribution in [0.5, 0.6) is 11.5 Å². The number of hydrogen-bond acceptors (Lipinski definition) is 8. The lowest BCUT2D eigenvalue weighted by atomic mass is 9.95. The van der Waals surface area contributed by atoms with Crippen LogP contribution >= 0.6 is 39.3 Å². The Balaban J connectivity index is 1.77. The van der Waals surface area contributed by atoms with Gasteiger partial charge in [0.2, 0.25) is 11.1 Å². The molecule has 37 heavy (non-hydrogen) atoms. The SMILES string of the molecule is C=CCOC(=O)C1=C(C)Nc2nc(SCC)nn2C1c1cc(Br)c(OCc2ccccc2Cl)c(OC)c1. The fourth-order valence-corrected chi connectivity index (χ4v) is 5.23. The van der Waals surface area contributed by atoms with Gasteiger partial charge in [-0.1, -0.05) is 61.1 Å². The van der Waals surface area contributed by atoms with Gasteiger partial charge in [0, 0.05) is 16.3 Å². The lowest BCUT2D eigenvalue weighted by molar-refractivity contribution is -0.138. The quantitative estimate of drug-likeness (QED) is 0.161. The van der Waals surface area contributed by atoms with Gasteiger partial charge in [0.05, 0.1) is 17.2 Å². The first-order valence-corrected chi connectivity index (χ1v) is 13.6. The van der Waals surface area contributed by atoms with Crippen molar-refractivity contribution in [3.05, 3.63) is 80.9 Å². The van der Waals surface area contributed by atoms with Gasteiger partial charge >= 0.3 is 5.97 Å². The molecule has 4 rings (SSSR count).